The number of carbonyl (C=O) groups is 1. The van der Waals surface area contributed by atoms with Crippen LogP contribution >= 0.6 is 0 Å². The van der Waals surface area contributed by atoms with Crippen LogP contribution in [0.5, 0.6) is 0 Å². The molecule has 2 atom stereocenters. The number of rotatable bonds is 4. The summed E-state index contributed by atoms with van der Waals surface area (Å²) in [4.78, 5) is 20.9. The van der Waals surface area contributed by atoms with E-state index in [0.717, 1.165) is 17.7 Å². The summed E-state index contributed by atoms with van der Waals surface area (Å²) < 4.78 is 14.9. The number of benzene rings is 1. The minimum absolute atomic E-state index is 0.0256. The Kier molecular flexibility index (Phi) is 4.20. The lowest BCUT2D eigenvalue weighted by Crippen LogP contribution is -2.15. The molecule has 2 unspecified atom stereocenters. The van der Waals surface area contributed by atoms with Crippen molar-refractivity contribution in [1.29, 1.82) is 0 Å². The number of nitrogens with zero attached hydrogens (tertiary/aromatic N) is 3. The highest BCUT2D eigenvalue weighted by Gasteiger charge is 2.45. The minimum Gasteiger partial charge on any atom is -0.396 e. The average Bonchev–Trinajstić information content (AvgIpc) is 3.36. The van der Waals surface area contributed by atoms with Gasteiger partial charge in [-0.2, -0.15) is 5.10 Å². The van der Waals surface area contributed by atoms with Crippen LogP contribution in [0.4, 0.5) is 15.9 Å². The molecule has 5 rings (SSSR count). The van der Waals surface area contributed by atoms with Crippen molar-refractivity contribution in [2.24, 2.45) is 5.92 Å². The molecule has 1 amide bonds. The number of halogens is 1. The number of aromatic amines is 1. The Bertz CT molecular complexity index is 1270. The predicted octanol–water partition coefficient (Wildman–Crippen LogP) is 3.79. The highest BCUT2D eigenvalue weighted by Crippen LogP contribution is 2.47. The normalized spacial score (nSPS) is 17.8. The number of pyridine rings is 2. The second-order valence-electron chi connectivity index (χ2n) is 7.58. The Morgan fingerprint density at radius 1 is 1.23 bits per heavy atom. The molecule has 0 spiro atoms. The van der Waals surface area contributed by atoms with Crippen LogP contribution < -0.4 is 11.1 Å². The molecule has 4 aromatic rings. The maximum atomic E-state index is 14.9. The predicted molar refractivity (Wildman–Crippen MR) is 112 cm³/mol. The first-order chi connectivity index (χ1) is 14.5. The van der Waals surface area contributed by atoms with Crippen molar-refractivity contribution >= 4 is 28.2 Å². The molecule has 1 aliphatic rings. The van der Waals surface area contributed by atoms with Gasteiger partial charge in [0.25, 0.3) is 0 Å². The summed E-state index contributed by atoms with van der Waals surface area (Å²) in [6.45, 7) is 1.89. The van der Waals surface area contributed by atoms with Gasteiger partial charge >= 0.3 is 0 Å². The smallest absolute Gasteiger partial charge is 0.229 e. The molecule has 0 bridgehead atoms. The number of amides is 1. The van der Waals surface area contributed by atoms with E-state index in [1.807, 2.05) is 19.1 Å². The zero-order valence-corrected chi connectivity index (χ0v) is 16.2. The number of carbonyl (C=O) groups excluding carboxylic acids is 1. The van der Waals surface area contributed by atoms with E-state index in [4.69, 9.17) is 5.73 Å². The van der Waals surface area contributed by atoms with Gasteiger partial charge in [-0.05, 0) is 48.6 Å². The number of H-pyrrole nitrogens is 1. The fourth-order valence-electron chi connectivity index (χ4n) is 3.83. The van der Waals surface area contributed by atoms with Crippen molar-refractivity contribution in [2.45, 2.75) is 19.3 Å². The molecule has 1 fully saturated rings. The molecule has 1 aliphatic carbocycles. The van der Waals surface area contributed by atoms with Crippen molar-refractivity contribution in [2.75, 3.05) is 11.1 Å². The first-order valence-corrected chi connectivity index (χ1v) is 9.62. The number of aryl methyl sites for hydroxylation is 1. The van der Waals surface area contributed by atoms with Crippen molar-refractivity contribution in [3.8, 4) is 11.1 Å². The molecule has 0 saturated heterocycles. The third kappa shape index (κ3) is 3.06. The summed E-state index contributed by atoms with van der Waals surface area (Å²) in [5.74, 6) is -0.159. The first-order valence-electron chi connectivity index (χ1n) is 9.62. The average molecular weight is 402 g/mol. The molecular weight excluding hydrogens is 383 g/mol. The number of anilines is 2. The van der Waals surface area contributed by atoms with Gasteiger partial charge in [0.15, 0.2) is 5.82 Å². The topological polar surface area (TPSA) is 110 Å². The third-order valence-corrected chi connectivity index (χ3v) is 5.63. The largest absolute Gasteiger partial charge is 0.396 e. The van der Waals surface area contributed by atoms with Gasteiger partial charge in [0.2, 0.25) is 5.91 Å². The van der Waals surface area contributed by atoms with Gasteiger partial charge in [-0.3, -0.25) is 14.9 Å². The summed E-state index contributed by atoms with van der Waals surface area (Å²) in [6.07, 6.45) is 7.21. The molecule has 8 heteroatoms. The molecule has 4 N–H and O–H groups in total. The number of hydrogen-bond acceptors (Lipinski definition) is 5. The number of nitrogens with two attached hydrogens (primary N) is 1. The Balaban J connectivity index is 1.46. The van der Waals surface area contributed by atoms with Crippen LogP contribution in [0, 0.1) is 18.7 Å². The molecule has 150 valence electrons. The van der Waals surface area contributed by atoms with Gasteiger partial charge in [0.05, 0.1) is 5.69 Å². The summed E-state index contributed by atoms with van der Waals surface area (Å²) in [6, 6.07) is 7.13. The van der Waals surface area contributed by atoms with E-state index in [0.29, 0.717) is 27.7 Å². The van der Waals surface area contributed by atoms with E-state index in [2.05, 4.69) is 25.5 Å². The van der Waals surface area contributed by atoms with Crippen LogP contribution in [-0.2, 0) is 4.79 Å². The fourth-order valence-corrected chi connectivity index (χ4v) is 3.83. The van der Waals surface area contributed by atoms with Crippen LogP contribution in [0.1, 0.15) is 23.6 Å². The van der Waals surface area contributed by atoms with Gasteiger partial charge in [0, 0.05) is 58.8 Å². The van der Waals surface area contributed by atoms with Crippen LogP contribution in [0.15, 0.2) is 49.1 Å². The molecule has 30 heavy (non-hydrogen) atoms. The molecule has 0 radical (unpaired) electrons. The van der Waals surface area contributed by atoms with Crippen LogP contribution in [0.2, 0.25) is 0 Å². The SMILES string of the molecule is Cc1ccncc1-c1cc2cc(NC(=O)C3CC3c3ccn[nH]3)ncc2c(N)c1F. The lowest BCUT2D eigenvalue weighted by Gasteiger charge is -2.12. The molecule has 7 nitrogen and oxygen atoms in total. The van der Waals surface area contributed by atoms with Crippen molar-refractivity contribution in [3.05, 3.63) is 66.1 Å². The Hall–Kier alpha value is -3.81. The van der Waals surface area contributed by atoms with E-state index in [1.54, 1.807) is 30.7 Å². The first kappa shape index (κ1) is 18.2. The van der Waals surface area contributed by atoms with Crippen LogP contribution in [0.3, 0.4) is 0 Å². The summed E-state index contributed by atoms with van der Waals surface area (Å²) in [7, 11) is 0. The van der Waals surface area contributed by atoms with Gasteiger partial charge in [0.1, 0.15) is 5.82 Å². The lowest BCUT2D eigenvalue weighted by molar-refractivity contribution is -0.117. The van der Waals surface area contributed by atoms with Crippen molar-refractivity contribution in [1.82, 2.24) is 20.2 Å². The van der Waals surface area contributed by atoms with E-state index in [9.17, 15) is 9.18 Å². The maximum absolute atomic E-state index is 14.9. The van der Waals surface area contributed by atoms with E-state index < -0.39 is 5.82 Å². The quantitative estimate of drug-likeness (QED) is 0.450. The highest BCUT2D eigenvalue weighted by molar-refractivity contribution is 6.00. The number of hydrogen-bond donors (Lipinski definition) is 3. The summed E-state index contributed by atoms with van der Waals surface area (Å²) >= 11 is 0. The molecule has 0 aliphatic heterocycles. The number of nitrogens with one attached hydrogen (secondary N) is 2. The van der Waals surface area contributed by atoms with Crippen LogP contribution in [0.25, 0.3) is 21.9 Å². The Labute approximate surface area is 171 Å². The Morgan fingerprint density at radius 3 is 2.87 bits per heavy atom. The molecule has 1 aromatic carbocycles. The number of nitrogen functional groups attached to an aromatic ring is 1. The maximum Gasteiger partial charge on any atom is 0.229 e. The number of aromatic nitrogens is 4. The monoisotopic (exact) mass is 402 g/mol. The lowest BCUT2D eigenvalue weighted by atomic mass is 9.98. The van der Waals surface area contributed by atoms with E-state index in [-0.39, 0.29) is 23.4 Å². The second kappa shape index (κ2) is 6.91. The summed E-state index contributed by atoms with van der Waals surface area (Å²) in [5, 5.41) is 10.9. The second-order valence-corrected chi connectivity index (χ2v) is 7.58. The minimum atomic E-state index is -0.502. The molecule has 1 saturated carbocycles. The standard InChI is InChI=1S/C22H19FN6O/c1-11-2-4-25-9-16(11)14-6-12-7-19(26-10-17(12)21(24)20(14)23)28-22(30)15-8-13(15)18-3-5-27-29-18/h2-7,9-10,13,15H,8,24H2,1H3,(H,27,29)(H,26,28,30). The van der Waals surface area contributed by atoms with Gasteiger partial charge in [-0.15, -0.1) is 0 Å². The van der Waals surface area contributed by atoms with E-state index in [1.165, 1.54) is 6.20 Å². The summed E-state index contributed by atoms with van der Waals surface area (Å²) in [5.41, 5.74) is 8.98. The van der Waals surface area contributed by atoms with E-state index >= 15 is 0 Å². The molecule has 3 heterocycles. The zero-order chi connectivity index (χ0) is 20.8. The van der Waals surface area contributed by atoms with Gasteiger partial charge in [-0.1, -0.05) is 0 Å². The zero-order valence-electron chi connectivity index (χ0n) is 16.2. The van der Waals surface area contributed by atoms with Crippen molar-refractivity contribution in [3.63, 3.8) is 0 Å². The van der Waals surface area contributed by atoms with Gasteiger partial charge < -0.3 is 11.1 Å². The van der Waals surface area contributed by atoms with Crippen LogP contribution in [-0.4, -0.2) is 26.1 Å². The third-order valence-electron chi connectivity index (χ3n) is 5.63. The van der Waals surface area contributed by atoms with Crippen molar-refractivity contribution < 1.29 is 9.18 Å². The molecular formula is C22H19FN6O. The highest BCUT2D eigenvalue weighted by atomic mass is 19.1. The molecule has 3 aromatic heterocycles. The fraction of sp³-hybridized carbons (Fsp3) is 0.182. The number of fused-ring (bicyclic) bond motifs is 1. The van der Waals surface area contributed by atoms with Gasteiger partial charge in [-0.25, -0.2) is 9.37 Å². The Morgan fingerprint density at radius 2 is 2.10 bits per heavy atom.